The number of aromatic nitrogens is 3. The van der Waals surface area contributed by atoms with Crippen molar-refractivity contribution < 1.29 is 4.79 Å². The molecule has 25 heavy (non-hydrogen) atoms. The van der Waals surface area contributed by atoms with Crippen LogP contribution >= 0.6 is 12.2 Å². The fourth-order valence-corrected chi connectivity index (χ4v) is 2.84. The van der Waals surface area contributed by atoms with Crippen LogP contribution in [0.5, 0.6) is 0 Å². The fourth-order valence-electron chi connectivity index (χ4n) is 2.64. The van der Waals surface area contributed by atoms with Crippen LogP contribution < -0.4 is 5.32 Å². The summed E-state index contributed by atoms with van der Waals surface area (Å²) in [5.74, 6) is 0.551. The van der Waals surface area contributed by atoms with Gasteiger partial charge in [-0.1, -0.05) is 60.2 Å². The van der Waals surface area contributed by atoms with E-state index in [0.717, 1.165) is 11.1 Å². The van der Waals surface area contributed by atoms with Gasteiger partial charge in [0.1, 0.15) is 6.54 Å². The molecule has 1 aromatic heterocycles. The van der Waals surface area contributed by atoms with E-state index in [1.165, 1.54) is 5.56 Å². The van der Waals surface area contributed by atoms with E-state index in [1.807, 2.05) is 68.4 Å². The smallest absolute Gasteiger partial charge is 0.240 e. The van der Waals surface area contributed by atoms with Crippen LogP contribution in [-0.2, 0) is 11.3 Å². The van der Waals surface area contributed by atoms with E-state index in [-0.39, 0.29) is 18.5 Å². The highest BCUT2D eigenvalue weighted by molar-refractivity contribution is 7.71. The predicted octanol–water partition coefficient (Wildman–Crippen LogP) is 3.79. The molecule has 128 valence electrons. The van der Waals surface area contributed by atoms with E-state index in [2.05, 4.69) is 15.5 Å². The van der Waals surface area contributed by atoms with E-state index >= 15 is 0 Å². The Bertz CT molecular complexity index is 913. The highest BCUT2D eigenvalue weighted by atomic mass is 32.1. The summed E-state index contributed by atoms with van der Waals surface area (Å²) in [7, 11) is 0. The standard InChI is InChI=1S/C19H20N4OS/c1-13-8-10-16(11-9-13)18-21-22-19(25)23(18)12-17(24)20-14(2)15-6-4-3-5-7-15/h3-11,14H,12H2,1-2H3,(H,20,24)(H,22,25)/t14-/m1/s1. The maximum atomic E-state index is 12.5. The van der Waals surface area contributed by atoms with Gasteiger partial charge >= 0.3 is 0 Å². The van der Waals surface area contributed by atoms with Crippen molar-refractivity contribution >= 4 is 18.1 Å². The number of nitrogens with one attached hydrogen (secondary N) is 2. The van der Waals surface area contributed by atoms with Crippen LogP contribution in [0.1, 0.15) is 24.1 Å². The zero-order valence-electron chi connectivity index (χ0n) is 14.2. The second-order valence-corrected chi connectivity index (χ2v) is 6.39. The zero-order chi connectivity index (χ0) is 17.8. The van der Waals surface area contributed by atoms with E-state index in [9.17, 15) is 4.79 Å². The first kappa shape index (κ1) is 17.1. The maximum Gasteiger partial charge on any atom is 0.240 e. The lowest BCUT2D eigenvalue weighted by atomic mass is 10.1. The summed E-state index contributed by atoms with van der Waals surface area (Å²) < 4.78 is 2.14. The molecule has 0 saturated heterocycles. The molecule has 2 aromatic carbocycles. The van der Waals surface area contributed by atoms with Gasteiger partial charge in [0.05, 0.1) is 6.04 Å². The Morgan fingerprint density at radius 3 is 2.56 bits per heavy atom. The topological polar surface area (TPSA) is 62.7 Å². The molecule has 0 aliphatic carbocycles. The Morgan fingerprint density at radius 2 is 1.88 bits per heavy atom. The van der Waals surface area contributed by atoms with Crippen molar-refractivity contribution in [2.24, 2.45) is 0 Å². The molecule has 0 unspecified atom stereocenters. The molecule has 3 rings (SSSR count). The minimum Gasteiger partial charge on any atom is -0.348 e. The third-order valence-electron chi connectivity index (χ3n) is 4.05. The molecule has 0 radical (unpaired) electrons. The number of hydrogen-bond donors (Lipinski definition) is 2. The molecule has 1 amide bonds. The first-order chi connectivity index (χ1) is 12.0. The monoisotopic (exact) mass is 352 g/mol. The number of benzene rings is 2. The normalized spacial score (nSPS) is 11.9. The molecule has 0 aliphatic rings. The first-order valence-electron chi connectivity index (χ1n) is 8.11. The number of carbonyl (C=O) groups is 1. The van der Waals surface area contributed by atoms with Crippen LogP contribution in [0.2, 0.25) is 0 Å². The Kier molecular flexibility index (Phi) is 5.09. The molecular formula is C19H20N4OS. The number of nitrogens with zero attached hydrogens (tertiary/aromatic N) is 2. The van der Waals surface area contributed by atoms with Crippen LogP contribution in [-0.4, -0.2) is 20.7 Å². The lowest BCUT2D eigenvalue weighted by Gasteiger charge is -2.15. The van der Waals surface area contributed by atoms with E-state index < -0.39 is 0 Å². The molecule has 0 aliphatic heterocycles. The SMILES string of the molecule is Cc1ccc(-c2n[nH]c(=S)n2CC(=O)N[C@H](C)c2ccccc2)cc1. The van der Waals surface area contributed by atoms with Crippen molar-refractivity contribution in [2.45, 2.75) is 26.4 Å². The number of aromatic amines is 1. The second kappa shape index (κ2) is 7.44. The molecule has 1 atom stereocenters. The molecular weight excluding hydrogens is 332 g/mol. The molecule has 0 spiro atoms. The van der Waals surface area contributed by atoms with Gasteiger partial charge in [-0.3, -0.25) is 14.5 Å². The van der Waals surface area contributed by atoms with Gasteiger partial charge < -0.3 is 5.32 Å². The molecule has 5 nitrogen and oxygen atoms in total. The van der Waals surface area contributed by atoms with Gasteiger partial charge in [0.15, 0.2) is 10.6 Å². The fraction of sp³-hybridized carbons (Fsp3) is 0.211. The van der Waals surface area contributed by atoms with Gasteiger partial charge in [-0.05, 0) is 31.6 Å². The summed E-state index contributed by atoms with van der Waals surface area (Å²) in [5.41, 5.74) is 3.14. The first-order valence-corrected chi connectivity index (χ1v) is 8.52. The Labute approximate surface area is 151 Å². The van der Waals surface area contributed by atoms with Crippen molar-refractivity contribution in [1.29, 1.82) is 0 Å². The molecule has 2 N–H and O–H groups in total. The summed E-state index contributed by atoms with van der Waals surface area (Å²) in [5, 5.41) is 10.1. The number of amides is 1. The van der Waals surface area contributed by atoms with Crippen molar-refractivity contribution in [3.05, 3.63) is 70.5 Å². The number of carbonyl (C=O) groups excluding carboxylic acids is 1. The van der Waals surface area contributed by atoms with Gasteiger partial charge in [-0.2, -0.15) is 5.10 Å². The third kappa shape index (κ3) is 4.03. The van der Waals surface area contributed by atoms with Crippen LogP contribution in [0.25, 0.3) is 11.4 Å². The van der Waals surface area contributed by atoms with E-state index in [4.69, 9.17) is 12.2 Å². The summed E-state index contributed by atoms with van der Waals surface area (Å²) >= 11 is 5.29. The lowest BCUT2D eigenvalue weighted by Crippen LogP contribution is -2.30. The van der Waals surface area contributed by atoms with Crippen molar-refractivity contribution in [3.8, 4) is 11.4 Å². The van der Waals surface area contributed by atoms with Gasteiger partial charge in [-0.15, -0.1) is 0 Å². The van der Waals surface area contributed by atoms with E-state index in [0.29, 0.717) is 10.6 Å². The maximum absolute atomic E-state index is 12.5. The van der Waals surface area contributed by atoms with Crippen LogP contribution in [0.3, 0.4) is 0 Å². The second-order valence-electron chi connectivity index (χ2n) is 6.00. The largest absolute Gasteiger partial charge is 0.348 e. The quantitative estimate of drug-likeness (QED) is 0.687. The summed E-state index contributed by atoms with van der Waals surface area (Å²) in [4.78, 5) is 12.5. The average molecular weight is 352 g/mol. The summed E-state index contributed by atoms with van der Waals surface area (Å²) in [6.07, 6.45) is 0. The molecule has 0 bridgehead atoms. The molecule has 0 fully saturated rings. The van der Waals surface area contributed by atoms with Crippen LogP contribution in [0, 0.1) is 11.7 Å². The van der Waals surface area contributed by atoms with Gasteiger partial charge in [-0.25, -0.2) is 0 Å². The Balaban J connectivity index is 1.77. The number of aryl methyl sites for hydroxylation is 1. The van der Waals surface area contributed by atoms with Gasteiger partial charge in [0.25, 0.3) is 0 Å². The average Bonchev–Trinajstić information content (AvgIpc) is 2.97. The molecule has 0 saturated carbocycles. The third-order valence-corrected chi connectivity index (χ3v) is 4.36. The van der Waals surface area contributed by atoms with Crippen molar-refractivity contribution in [1.82, 2.24) is 20.1 Å². The summed E-state index contributed by atoms with van der Waals surface area (Å²) in [6.45, 7) is 4.11. The van der Waals surface area contributed by atoms with E-state index in [1.54, 1.807) is 4.57 Å². The molecule has 6 heteroatoms. The minimum atomic E-state index is -0.109. The Hall–Kier alpha value is -2.73. The van der Waals surface area contributed by atoms with Crippen LogP contribution in [0.4, 0.5) is 0 Å². The zero-order valence-corrected chi connectivity index (χ0v) is 15.0. The number of H-pyrrole nitrogens is 1. The van der Waals surface area contributed by atoms with Crippen molar-refractivity contribution in [3.63, 3.8) is 0 Å². The predicted molar refractivity (Wildman–Crippen MR) is 101 cm³/mol. The van der Waals surface area contributed by atoms with Gasteiger partial charge in [0, 0.05) is 5.56 Å². The van der Waals surface area contributed by atoms with Crippen LogP contribution in [0.15, 0.2) is 54.6 Å². The number of rotatable bonds is 5. The highest BCUT2D eigenvalue weighted by Crippen LogP contribution is 2.18. The summed E-state index contributed by atoms with van der Waals surface area (Å²) in [6, 6.07) is 17.7. The van der Waals surface area contributed by atoms with Crippen molar-refractivity contribution in [2.75, 3.05) is 0 Å². The molecule has 3 aromatic rings. The minimum absolute atomic E-state index is 0.0717. The Morgan fingerprint density at radius 1 is 1.20 bits per heavy atom. The number of hydrogen-bond acceptors (Lipinski definition) is 3. The van der Waals surface area contributed by atoms with Gasteiger partial charge in [0.2, 0.25) is 5.91 Å². The molecule has 1 heterocycles. The lowest BCUT2D eigenvalue weighted by molar-refractivity contribution is -0.122. The highest BCUT2D eigenvalue weighted by Gasteiger charge is 2.14.